The van der Waals surface area contributed by atoms with Gasteiger partial charge >= 0.3 is 0 Å². The van der Waals surface area contributed by atoms with Crippen molar-refractivity contribution >= 4 is 38.7 Å². The molecule has 0 fully saturated rings. The van der Waals surface area contributed by atoms with Crippen molar-refractivity contribution in [3.63, 3.8) is 0 Å². The number of aromatic nitrogens is 2. The highest BCUT2D eigenvalue weighted by Crippen LogP contribution is 2.30. The standard InChI is InChI=1S/C22H36N4O3S2/c1-8-11-14-26-19-13-12-17(31(28,29)25(9-2)10-3)15-18(19)23-21(26)30-16(4)20(27)24-22(5,6)7/h12-13,15-16H,8-11,14H2,1-7H3,(H,24,27). The number of imidazole rings is 1. The Balaban J connectivity index is 2.45. The first kappa shape index (κ1) is 25.7. The second-order valence-corrected chi connectivity index (χ2v) is 11.9. The van der Waals surface area contributed by atoms with Crippen LogP contribution in [0.2, 0.25) is 0 Å². The summed E-state index contributed by atoms with van der Waals surface area (Å²) in [7, 11) is -3.56. The number of nitrogens with zero attached hydrogens (tertiary/aromatic N) is 3. The van der Waals surface area contributed by atoms with Crippen molar-refractivity contribution in [3.05, 3.63) is 18.2 Å². The van der Waals surface area contributed by atoms with E-state index < -0.39 is 10.0 Å². The lowest BCUT2D eigenvalue weighted by Crippen LogP contribution is -2.44. The molecule has 0 aliphatic rings. The molecule has 7 nitrogen and oxygen atoms in total. The molecule has 9 heteroatoms. The number of aryl methyl sites for hydroxylation is 1. The minimum atomic E-state index is -3.56. The molecule has 2 rings (SSSR count). The third-order valence-corrected chi connectivity index (χ3v) is 8.05. The van der Waals surface area contributed by atoms with Crippen LogP contribution in [0.25, 0.3) is 11.0 Å². The van der Waals surface area contributed by atoms with Gasteiger partial charge in [-0.2, -0.15) is 4.31 Å². The van der Waals surface area contributed by atoms with Crippen molar-refractivity contribution in [2.24, 2.45) is 0 Å². The molecule has 1 unspecified atom stereocenters. The molecule has 1 heterocycles. The molecule has 31 heavy (non-hydrogen) atoms. The van der Waals surface area contributed by atoms with Gasteiger partial charge in [-0.1, -0.05) is 39.0 Å². The summed E-state index contributed by atoms with van der Waals surface area (Å²) in [6.45, 7) is 15.1. The number of rotatable bonds is 10. The third kappa shape index (κ3) is 6.23. The van der Waals surface area contributed by atoms with Gasteiger partial charge < -0.3 is 9.88 Å². The van der Waals surface area contributed by atoms with Gasteiger partial charge in [-0.3, -0.25) is 4.79 Å². The van der Waals surface area contributed by atoms with Crippen LogP contribution in [0.5, 0.6) is 0 Å². The normalized spacial score (nSPS) is 13.7. The number of unbranched alkanes of at least 4 members (excludes halogenated alkanes) is 1. The van der Waals surface area contributed by atoms with Gasteiger partial charge in [0.05, 0.1) is 21.2 Å². The smallest absolute Gasteiger partial charge is 0.243 e. The molecule has 0 aliphatic heterocycles. The van der Waals surface area contributed by atoms with E-state index in [0.717, 1.165) is 30.1 Å². The molecule has 0 aliphatic carbocycles. The van der Waals surface area contributed by atoms with Gasteiger partial charge in [0.1, 0.15) is 0 Å². The van der Waals surface area contributed by atoms with Crippen molar-refractivity contribution in [2.45, 2.75) is 88.7 Å². The summed E-state index contributed by atoms with van der Waals surface area (Å²) in [5.74, 6) is -0.0450. The largest absolute Gasteiger partial charge is 0.351 e. The summed E-state index contributed by atoms with van der Waals surface area (Å²) in [6.07, 6.45) is 2.00. The SMILES string of the molecule is CCCCn1c(SC(C)C(=O)NC(C)(C)C)nc2cc(S(=O)(=O)N(CC)CC)ccc21. The number of fused-ring (bicyclic) bond motifs is 1. The fraction of sp³-hybridized carbons (Fsp3) is 0.636. The molecule has 0 saturated carbocycles. The van der Waals surface area contributed by atoms with Gasteiger partial charge in [-0.15, -0.1) is 0 Å². The van der Waals surface area contributed by atoms with E-state index in [-0.39, 0.29) is 21.6 Å². The van der Waals surface area contributed by atoms with E-state index in [1.807, 2.05) is 47.6 Å². The maximum atomic E-state index is 12.9. The summed E-state index contributed by atoms with van der Waals surface area (Å²) in [4.78, 5) is 17.6. The number of hydrogen-bond donors (Lipinski definition) is 1. The molecule has 0 saturated heterocycles. The van der Waals surface area contributed by atoms with E-state index >= 15 is 0 Å². The van der Waals surface area contributed by atoms with E-state index in [0.29, 0.717) is 18.6 Å². The number of thioether (sulfide) groups is 1. The van der Waals surface area contributed by atoms with Crippen molar-refractivity contribution < 1.29 is 13.2 Å². The average molecular weight is 469 g/mol. The second kappa shape index (κ2) is 10.4. The Morgan fingerprint density at radius 3 is 2.42 bits per heavy atom. The number of nitrogens with one attached hydrogen (secondary N) is 1. The van der Waals surface area contributed by atoms with Gasteiger partial charge in [0.2, 0.25) is 15.9 Å². The number of sulfonamides is 1. The van der Waals surface area contributed by atoms with Gasteiger partial charge in [-0.25, -0.2) is 13.4 Å². The molecule has 0 bridgehead atoms. The Morgan fingerprint density at radius 2 is 1.87 bits per heavy atom. The summed E-state index contributed by atoms with van der Waals surface area (Å²) < 4.78 is 29.4. The van der Waals surface area contributed by atoms with Crippen molar-refractivity contribution in [1.29, 1.82) is 0 Å². The zero-order chi connectivity index (χ0) is 23.4. The molecule has 1 amide bonds. The van der Waals surface area contributed by atoms with Gasteiger partial charge in [-0.05, 0) is 52.3 Å². The quantitative estimate of drug-likeness (QED) is 0.527. The number of benzene rings is 1. The number of carbonyl (C=O) groups excluding carboxylic acids is 1. The van der Waals surface area contributed by atoms with Crippen LogP contribution in [0, 0.1) is 0 Å². The number of hydrogen-bond acceptors (Lipinski definition) is 5. The lowest BCUT2D eigenvalue weighted by Gasteiger charge is -2.23. The molecular weight excluding hydrogens is 432 g/mol. The average Bonchev–Trinajstić information content (AvgIpc) is 3.01. The summed E-state index contributed by atoms with van der Waals surface area (Å²) in [5.41, 5.74) is 1.22. The number of amides is 1. The van der Waals surface area contributed by atoms with Crippen LogP contribution in [0.1, 0.15) is 61.3 Å². The van der Waals surface area contributed by atoms with E-state index in [1.165, 1.54) is 16.1 Å². The molecular formula is C22H36N4O3S2. The summed E-state index contributed by atoms with van der Waals surface area (Å²) in [6, 6.07) is 5.14. The van der Waals surface area contributed by atoms with Crippen LogP contribution in [-0.2, 0) is 21.4 Å². The Hall–Kier alpha value is -1.58. The molecule has 1 aromatic heterocycles. The summed E-state index contributed by atoms with van der Waals surface area (Å²) in [5, 5.41) is 3.42. The molecule has 174 valence electrons. The van der Waals surface area contributed by atoms with E-state index in [9.17, 15) is 13.2 Å². The Bertz CT molecular complexity index is 1010. The Labute approximate surface area is 191 Å². The zero-order valence-electron chi connectivity index (χ0n) is 19.7. The van der Waals surface area contributed by atoms with Crippen LogP contribution in [0.3, 0.4) is 0 Å². The van der Waals surface area contributed by atoms with Crippen molar-refractivity contribution in [1.82, 2.24) is 19.2 Å². The van der Waals surface area contributed by atoms with Gasteiger partial charge in [0.25, 0.3) is 0 Å². The first-order valence-electron chi connectivity index (χ1n) is 10.9. The van der Waals surface area contributed by atoms with Crippen LogP contribution in [0.4, 0.5) is 0 Å². The van der Waals surface area contributed by atoms with Crippen molar-refractivity contribution in [3.8, 4) is 0 Å². The van der Waals surface area contributed by atoms with Crippen LogP contribution < -0.4 is 5.32 Å². The topological polar surface area (TPSA) is 84.3 Å². The predicted octanol–water partition coefficient (Wildman–Crippen LogP) is 4.26. The van der Waals surface area contributed by atoms with Gasteiger partial charge in [0, 0.05) is 25.2 Å². The molecule has 2 aromatic rings. The predicted molar refractivity (Wildman–Crippen MR) is 128 cm³/mol. The first-order chi connectivity index (χ1) is 14.4. The van der Waals surface area contributed by atoms with Crippen LogP contribution in [-0.4, -0.2) is 52.1 Å². The summed E-state index contributed by atoms with van der Waals surface area (Å²) >= 11 is 1.40. The highest BCUT2D eigenvalue weighted by molar-refractivity contribution is 8.00. The highest BCUT2D eigenvalue weighted by Gasteiger charge is 2.25. The lowest BCUT2D eigenvalue weighted by atomic mass is 10.1. The van der Waals surface area contributed by atoms with E-state index in [1.54, 1.807) is 12.1 Å². The highest BCUT2D eigenvalue weighted by atomic mass is 32.2. The minimum absolute atomic E-state index is 0.0450. The molecule has 1 atom stereocenters. The number of carbonyl (C=O) groups is 1. The molecule has 1 N–H and O–H groups in total. The second-order valence-electron chi connectivity index (χ2n) is 8.64. The van der Waals surface area contributed by atoms with Crippen LogP contribution >= 0.6 is 11.8 Å². The third-order valence-electron chi connectivity index (χ3n) is 4.91. The molecule has 0 spiro atoms. The molecule has 1 aromatic carbocycles. The van der Waals surface area contributed by atoms with E-state index in [4.69, 9.17) is 4.98 Å². The minimum Gasteiger partial charge on any atom is -0.351 e. The van der Waals surface area contributed by atoms with E-state index in [2.05, 4.69) is 16.8 Å². The maximum Gasteiger partial charge on any atom is 0.243 e. The Kier molecular flexibility index (Phi) is 8.58. The van der Waals surface area contributed by atoms with Crippen molar-refractivity contribution in [2.75, 3.05) is 13.1 Å². The molecule has 0 radical (unpaired) electrons. The van der Waals surface area contributed by atoms with Crippen LogP contribution in [0.15, 0.2) is 28.3 Å². The van der Waals surface area contributed by atoms with Gasteiger partial charge in [0.15, 0.2) is 5.16 Å². The fourth-order valence-electron chi connectivity index (χ4n) is 3.27. The fourth-order valence-corrected chi connectivity index (χ4v) is 5.69. The lowest BCUT2D eigenvalue weighted by molar-refractivity contribution is -0.121. The zero-order valence-corrected chi connectivity index (χ0v) is 21.4. The Morgan fingerprint density at radius 1 is 1.23 bits per heavy atom. The maximum absolute atomic E-state index is 12.9. The first-order valence-corrected chi connectivity index (χ1v) is 13.3. The monoisotopic (exact) mass is 468 g/mol.